The first-order valence-electron chi connectivity index (χ1n) is 5.77. The molecule has 0 radical (unpaired) electrons. The van der Waals surface area contributed by atoms with Gasteiger partial charge in [-0.05, 0) is 37.6 Å². The molecule has 0 bridgehead atoms. The van der Waals surface area contributed by atoms with Crippen LogP contribution in [0.1, 0.15) is 12.5 Å². The number of hydrogen-bond acceptors (Lipinski definition) is 3. The number of pyridine rings is 1. The molecular formula is C14H17N3. The highest BCUT2D eigenvalue weighted by atomic mass is 15.2. The maximum absolute atomic E-state index is 5.93. The first-order chi connectivity index (χ1) is 8.24. The Morgan fingerprint density at radius 1 is 1.12 bits per heavy atom. The van der Waals surface area contributed by atoms with Gasteiger partial charge in [-0.15, -0.1) is 0 Å². The zero-order chi connectivity index (χ0) is 12.3. The maximum Gasteiger partial charge on any atom is 0.147 e. The molecule has 1 aromatic heterocycles. The second kappa shape index (κ2) is 4.87. The fraction of sp³-hybridized carbons (Fsp3) is 0.214. The van der Waals surface area contributed by atoms with E-state index in [-0.39, 0.29) is 0 Å². The van der Waals surface area contributed by atoms with Gasteiger partial charge in [0.1, 0.15) is 5.82 Å². The van der Waals surface area contributed by atoms with Crippen molar-refractivity contribution in [1.82, 2.24) is 4.98 Å². The number of nitrogen functional groups attached to an aromatic ring is 1. The number of benzene rings is 1. The van der Waals surface area contributed by atoms with E-state index < -0.39 is 0 Å². The van der Waals surface area contributed by atoms with E-state index in [0.29, 0.717) is 5.82 Å². The van der Waals surface area contributed by atoms with Crippen LogP contribution in [-0.4, -0.2) is 11.5 Å². The summed E-state index contributed by atoms with van der Waals surface area (Å²) in [6.45, 7) is 5.07. The average molecular weight is 227 g/mol. The van der Waals surface area contributed by atoms with Crippen LogP contribution in [0.2, 0.25) is 0 Å². The third-order valence-electron chi connectivity index (χ3n) is 2.83. The lowest BCUT2D eigenvalue weighted by Gasteiger charge is -2.25. The van der Waals surface area contributed by atoms with Gasteiger partial charge in [-0.25, -0.2) is 4.98 Å². The third-order valence-corrected chi connectivity index (χ3v) is 2.83. The van der Waals surface area contributed by atoms with E-state index in [1.165, 1.54) is 11.3 Å². The summed E-state index contributed by atoms with van der Waals surface area (Å²) in [6, 6.07) is 12.2. The lowest BCUT2D eigenvalue weighted by Crippen LogP contribution is -2.18. The predicted molar refractivity (Wildman–Crippen MR) is 72.5 cm³/mol. The zero-order valence-electron chi connectivity index (χ0n) is 10.2. The number of hydrogen-bond donors (Lipinski definition) is 1. The van der Waals surface area contributed by atoms with Gasteiger partial charge in [0.25, 0.3) is 0 Å². The SMILES string of the molecule is CCN(c1ccccc1C)c1cccnc1N. The Hall–Kier alpha value is -2.03. The van der Waals surface area contributed by atoms with E-state index >= 15 is 0 Å². The zero-order valence-corrected chi connectivity index (χ0v) is 10.2. The van der Waals surface area contributed by atoms with Crippen LogP contribution in [0.5, 0.6) is 0 Å². The minimum absolute atomic E-state index is 0.567. The molecule has 88 valence electrons. The van der Waals surface area contributed by atoms with Gasteiger partial charge in [0.15, 0.2) is 0 Å². The molecule has 2 rings (SSSR count). The Bertz CT molecular complexity index is 463. The van der Waals surface area contributed by atoms with E-state index in [9.17, 15) is 0 Å². The van der Waals surface area contributed by atoms with Crippen molar-refractivity contribution in [2.24, 2.45) is 0 Å². The summed E-state index contributed by atoms with van der Waals surface area (Å²) in [6.07, 6.45) is 1.71. The molecule has 3 nitrogen and oxygen atoms in total. The summed E-state index contributed by atoms with van der Waals surface area (Å²) in [7, 11) is 0. The Morgan fingerprint density at radius 2 is 1.82 bits per heavy atom. The van der Waals surface area contributed by atoms with E-state index in [1.54, 1.807) is 6.20 Å². The van der Waals surface area contributed by atoms with E-state index in [2.05, 4.69) is 35.9 Å². The number of anilines is 3. The minimum atomic E-state index is 0.567. The highest BCUT2D eigenvalue weighted by Gasteiger charge is 2.12. The first-order valence-corrected chi connectivity index (χ1v) is 5.77. The van der Waals surface area contributed by atoms with Gasteiger partial charge in [-0.1, -0.05) is 18.2 Å². The normalized spacial score (nSPS) is 10.2. The van der Waals surface area contributed by atoms with Crippen LogP contribution in [0.3, 0.4) is 0 Å². The topological polar surface area (TPSA) is 42.2 Å². The molecular weight excluding hydrogens is 210 g/mol. The van der Waals surface area contributed by atoms with Crippen molar-refractivity contribution in [1.29, 1.82) is 0 Å². The monoisotopic (exact) mass is 227 g/mol. The Labute approximate surface area is 102 Å². The molecule has 0 spiro atoms. The molecule has 0 saturated heterocycles. The molecule has 2 N–H and O–H groups in total. The van der Waals surface area contributed by atoms with Crippen molar-refractivity contribution >= 4 is 17.2 Å². The fourth-order valence-electron chi connectivity index (χ4n) is 1.97. The second-order valence-electron chi connectivity index (χ2n) is 3.94. The number of nitrogens with zero attached hydrogens (tertiary/aromatic N) is 2. The van der Waals surface area contributed by atoms with Gasteiger partial charge in [0, 0.05) is 18.4 Å². The fourth-order valence-corrected chi connectivity index (χ4v) is 1.97. The minimum Gasteiger partial charge on any atom is -0.382 e. The summed E-state index contributed by atoms with van der Waals surface area (Å²) in [5, 5.41) is 0. The molecule has 0 saturated carbocycles. The highest BCUT2D eigenvalue weighted by Crippen LogP contribution is 2.30. The molecule has 0 amide bonds. The summed E-state index contributed by atoms with van der Waals surface area (Å²) in [4.78, 5) is 6.32. The first kappa shape index (κ1) is 11.5. The van der Waals surface area contributed by atoms with Crippen LogP contribution in [0.25, 0.3) is 0 Å². The van der Waals surface area contributed by atoms with Crippen LogP contribution in [-0.2, 0) is 0 Å². The largest absolute Gasteiger partial charge is 0.382 e. The van der Waals surface area contributed by atoms with E-state index in [0.717, 1.165) is 12.2 Å². The number of aromatic nitrogens is 1. The Balaban J connectivity index is 2.48. The molecule has 0 aliphatic rings. The molecule has 0 aliphatic carbocycles. The molecule has 0 atom stereocenters. The highest BCUT2D eigenvalue weighted by molar-refractivity contribution is 5.73. The van der Waals surface area contributed by atoms with Crippen molar-refractivity contribution in [3.63, 3.8) is 0 Å². The van der Waals surface area contributed by atoms with Crippen molar-refractivity contribution in [2.75, 3.05) is 17.2 Å². The van der Waals surface area contributed by atoms with Crippen LogP contribution >= 0.6 is 0 Å². The van der Waals surface area contributed by atoms with Gasteiger partial charge in [-0.3, -0.25) is 0 Å². The lowest BCUT2D eigenvalue weighted by molar-refractivity contribution is 1.01. The van der Waals surface area contributed by atoms with Gasteiger partial charge in [-0.2, -0.15) is 0 Å². The molecule has 0 unspecified atom stereocenters. The summed E-state index contributed by atoms with van der Waals surface area (Å²) >= 11 is 0. The Kier molecular flexibility index (Phi) is 3.28. The predicted octanol–water partition coefficient (Wildman–Crippen LogP) is 3.13. The van der Waals surface area contributed by atoms with Crippen LogP contribution < -0.4 is 10.6 Å². The lowest BCUT2D eigenvalue weighted by atomic mass is 10.1. The van der Waals surface area contributed by atoms with Gasteiger partial charge in [0.2, 0.25) is 0 Å². The molecule has 1 aromatic carbocycles. The summed E-state index contributed by atoms with van der Waals surface area (Å²) in [5.41, 5.74) is 9.30. The smallest absolute Gasteiger partial charge is 0.147 e. The molecule has 2 aromatic rings. The number of para-hydroxylation sites is 1. The standard InChI is InChI=1S/C14H17N3/c1-3-17(12-8-5-4-7-11(12)2)13-9-6-10-16-14(13)15/h4-10H,3H2,1-2H3,(H2,15,16). The van der Waals surface area contributed by atoms with Crippen LogP contribution in [0.15, 0.2) is 42.6 Å². The van der Waals surface area contributed by atoms with E-state index in [4.69, 9.17) is 5.73 Å². The third kappa shape index (κ3) is 2.23. The quantitative estimate of drug-likeness (QED) is 0.876. The maximum atomic E-state index is 5.93. The summed E-state index contributed by atoms with van der Waals surface area (Å²) in [5.74, 6) is 0.567. The van der Waals surface area contributed by atoms with Crippen molar-refractivity contribution < 1.29 is 0 Å². The summed E-state index contributed by atoms with van der Waals surface area (Å²) < 4.78 is 0. The molecule has 0 aliphatic heterocycles. The Morgan fingerprint density at radius 3 is 2.47 bits per heavy atom. The molecule has 3 heteroatoms. The van der Waals surface area contributed by atoms with Gasteiger partial charge >= 0.3 is 0 Å². The molecule has 1 heterocycles. The van der Waals surface area contributed by atoms with Crippen molar-refractivity contribution in [2.45, 2.75) is 13.8 Å². The number of nitrogens with two attached hydrogens (primary N) is 1. The van der Waals surface area contributed by atoms with Crippen molar-refractivity contribution in [3.8, 4) is 0 Å². The van der Waals surface area contributed by atoms with Gasteiger partial charge < -0.3 is 10.6 Å². The average Bonchev–Trinajstić information content (AvgIpc) is 2.34. The van der Waals surface area contributed by atoms with Crippen LogP contribution in [0.4, 0.5) is 17.2 Å². The molecule has 17 heavy (non-hydrogen) atoms. The van der Waals surface area contributed by atoms with Crippen LogP contribution in [0, 0.1) is 6.92 Å². The number of aryl methyl sites for hydroxylation is 1. The van der Waals surface area contributed by atoms with E-state index in [1.807, 2.05) is 24.3 Å². The number of rotatable bonds is 3. The molecule has 0 fully saturated rings. The van der Waals surface area contributed by atoms with Gasteiger partial charge in [0.05, 0.1) is 5.69 Å². The van der Waals surface area contributed by atoms with Crippen molar-refractivity contribution in [3.05, 3.63) is 48.2 Å². The second-order valence-corrected chi connectivity index (χ2v) is 3.94.